The van der Waals surface area contributed by atoms with Crippen molar-refractivity contribution in [2.75, 3.05) is 5.32 Å². The van der Waals surface area contributed by atoms with Gasteiger partial charge in [0.1, 0.15) is 0 Å². The van der Waals surface area contributed by atoms with Crippen molar-refractivity contribution in [2.45, 2.75) is 26.2 Å². The molecule has 0 spiro atoms. The number of hydrogen-bond acceptors (Lipinski definition) is 3. The fraction of sp³-hybridized carbons (Fsp3) is 0.222. The maximum absolute atomic E-state index is 12.3. The molecule has 0 aliphatic carbocycles. The number of carbonyl (C=O) groups excluding carboxylic acids is 2. The summed E-state index contributed by atoms with van der Waals surface area (Å²) in [6, 6.07) is 11.3. The van der Waals surface area contributed by atoms with Crippen molar-refractivity contribution in [3.8, 4) is 0 Å². The molecule has 0 aliphatic heterocycles. The molecule has 0 saturated heterocycles. The van der Waals surface area contributed by atoms with E-state index in [1.54, 1.807) is 12.1 Å². The molecule has 0 unspecified atom stereocenters. The molecule has 0 aromatic heterocycles. The smallest absolute Gasteiger partial charge is 0.255 e. The number of aromatic carboxylic acids is 1. The molecule has 5 heteroatoms. The number of halogens is 1. The van der Waals surface area contributed by atoms with E-state index in [0.717, 1.165) is 5.56 Å². The fourth-order valence-electron chi connectivity index (χ4n) is 2.11. The van der Waals surface area contributed by atoms with Gasteiger partial charge in [-0.3, -0.25) is 4.79 Å². The van der Waals surface area contributed by atoms with Crippen molar-refractivity contribution in [2.24, 2.45) is 0 Å². The van der Waals surface area contributed by atoms with Crippen LogP contribution in [0.2, 0.25) is 5.02 Å². The van der Waals surface area contributed by atoms with E-state index in [1.807, 2.05) is 12.1 Å². The minimum Gasteiger partial charge on any atom is -0.545 e. The third-order valence-corrected chi connectivity index (χ3v) is 3.70. The third kappa shape index (κ3) is 4.11. The molecule has 4 nitrogen and oxygen atoms in total. The molecule has 23 heavy (non-hydrogen) atoms. The molecule has 0 radical (unpaired) electrons. The second kappa shape index (κ2) is 6.42. The Kier molecular flexibility index (Phi) is 4.76. The summed E-state index contributed by atoms with van der Waals surface area (Å²) in [4.78, 5) is 23.4. The minimum absolute atomic E-state index is 0.00981. The molecule has 0 fully saturated rings. The van der Waals surface area contributed by atoms with Gasteiger partial charge < -0.3 is 15.2 Å². The summed E-state index contributed by atoms with van der Waals surface area (Å²) in [7, 11) is 0. The van der Waals surface area contributed by atoms with E-state index in [2.05, 4.69) is 26.1 Å². The number of rotatable bonds is 3. The summed E-state index contributed by atoms with van der Waals surface area (Å²) in [5.41, 5.74) is 1.52. The lowest BCUT2D eigenvalue weighted by Crippen LogP contribution is -2.25. The van der Waals surface area contributed by atoms with Crippen LogP contribution in [0, 0.1) is 0 Å². The molecule has 120 valence electrons. The average molecular weight is 331 g/mol. The number of benzene rings is 2. The van der Waals surface area contributed by atoms with Crippen LogP contribution in [0.1, 0.15) is 47.1 Å². The van der Waals surface area contributed by atoms with E-state index in [4.69, 9.17) is 11.6 Å². The van der Waals surface area contributed by atoms with E-state index in [-0.39, 0.29) is 16.7 Å². The predicted octanol–water partition coefficient (Wildman–Crippen LogP) is 3.25. The average Bonchev–Trinajstić information content (AvgIpc) is 2.46. The number of carboxylic acids is 1. The second-order valence-electron chi connectivity index (χ2n) is 6.26. The highest BCUT2D eigenvalue weighted by Gasteiger charge is 2.15. The van der Waals surface area contributed by atoms with Crippen LogP contribution in [-0.2, 0) is 5.41 Å². The summed E-state index contributed by atoms with van der Waals surface area (Å²) < 4.78 is 0. The Morgan fingerprint density at radius 3 is 2.17 bits per heavy atom. The van der Waals surface area contributed by atoms with Crippen molar-refractivity contribution >= 4 is 29.2 Å². The molecule has 2 rings (SSSR count). The highest BCUT2D eigenvalue weighted by atomic mass is 35.5. The van der Waals surface area contributed by atoms with Crippen LogP contribution in [0.5, 0.6) is 0 Å². The number of amides is 1. The number of nitrogens with one attached hydrogen (secondary N) is 1. The molecular formula is C18H17ClNO3-. The van der Waals surface area contributed by atoms with Gasteiger partial charge in [-0.05, 0) is 41.3 Å². The van der Waals surface area contributed by atoms with E-state index in [0.29, 0.717) is 10.6 Å². The van der Waals surface area contributed by atoms with E-state index < -0.39 is 11.9 Å². The van der Waals surface area contributed by atoms with Gasteiger partial charge in [-0.15, -0.1) is 0 Å². The lowest BCUT2D eigenvalue weighted by molar-refractivity contribution is -0.254. The molecule has 0 saturated carbocycles. The van der Waals surface area contributed by atoms with Crippen LogP contribution in [0.3, 0.4) is 0 Å². The van der Waals surface area contributed by atoms with Crippen LogP contribution in [0.15, 0.2) is 42.5 Å². The maximum Gasteiger partial charge on any atom is 0.255 e. The summed E-state index contributed by atoms with van der Waals surface area (Å²) in [6.45, 7) is 6.25. The van der Waals surface area contributed by atoms with E-state index in [1.165, 1.54) is 18.2 Å². The molecule has 0 heterocycles. The third-order valence-electron chi connectivity index (χ3n) is 3.46. The first-order valence-electron chi connectivity index (χ1n) is 7.11. The Morgan fingerprint density at radius 2 is 1.65 bits per heavy atom. The Morgan fingerprint density at radius 1 is 1.04 bits per heavy atom. The van der Waals surface area contributed by atoms with Crippen molar-refractivity contribution in [1.29, 1.82) is 0 Å². The van der Waals surface area contributed by atoms with Gasteiger partial charge in [0.25, 0.3) is 5.91 Å². The van der Waals surface area contributed by atoms with Gasteiger partial charge in [-0.25, -0.2) is 0 Å². The fourth-order valence-corrected chi connectivity index (χ4v) is 2.29. The SMILES string of the molecule is CC(C)(C)c1ccc(C(=O)Nc2cc(Cl)ccc2C(=O)[O-])cc1. The first-order valence-corrected chi connectivity index (χ1v) is 7.49. The Balaban J connectivity index is 2.26. The van der Waals surface area contributed by atoms with Gasteiger partial charge in [-0.1, -0.05) is 44.5 Å². The molecule has 2 aromatic rings. The summed E-state index contributed by atoms with van der Waals surface area (Å²) >= 11 is 5.86. The minimum atomic E-state index is -1.37. The number of carboxylic acid groups (broad SMARTS) is 1. The number of carbonyl (C=O) groups is 2. The van der Waals surface area contributed by atoms with Gasteiger partial charge in [0, 0.05) is 16.1 Å². The highest BCUT2D eigenvalue weighted by molar-refractivity contribution is 6.31. The maximum atomic E-state index is 12.3. The molecular weight excluding hydrogens is 314 g/mol. The van der Waals surface area contributed by atoms with Gasteiger partial charge in [-0.2, -0.15) is 0 Å². The Labute approximate surface area is 140 Å². The van der Waals surface area contributed by atoms with Crippen molar-refractivity contribution in [3.05, 3.63) is 64.2 Å². The first kappa shape index (κ1) is 17.0. The predicted molar refractivity (Wildman–Crippen MR) is 88.9 cm³/mol. The normalized spacial score (nSPS) is 11.1. The highest BCUT2D eigenvalue weighted by Crippen LogP contribution is 2.24. The van der Waals surface area contributed by atoms with Gasteiger partial charge in [0.2, 0.25) is 0 Å². The monoisotopic (exact) mass is 330 g/mol. The lowest BCUT2D eigenvalue weighted by atomic mass is 9.87. The van der Waals surface area contributed by atoms with Crippen LogP contribution in [-0.4, -0.2) is 11.9 Å². The molecule has 1 amide bonds. The zero-order valence-corrected chi connectivity index (χ0v) is 13.9. The van der Waals surface area contributed by atoms with Gasteiger partial charge in [0.15, 0.2) is 0 Å². The number of hydrogen-bond donors (Lipinski definition) is 1. The summed E-state index contributed by atoms with van der Waals surface area (Å²) in [5, 5.41) is 14.0. The molecule has 0 aliphatic rings. The summed E-state index contributed by atoms with van der Waals surface area (Å²) in [5.74, 6) is -1.78. The van der Waals surface area contributed by atoms with Crippen molar-refractivity contribution in [3.63, 3.8) is 0 Å². The zero-order chi connectivity index (χ0) is 17.2. The zero-order valence-electron chi connectivity index (χ0n) is 13.1. The van der Waals surface area contributed by atoms with Crippen LogP contribution in [0.25, 0.3) is 0 Å². The topological polar surface area (TPSA) is 69.2 Å². The van der Waals surface area contributed by atoms with E-state index >= 15 is 0 Å². The van der Waals surface area contributed by atoms with Gasteiger partial charge >= 0.3 is 0 Å². The Bertz CT molecular complexity index is 746. The molecule has 2 aromatic carbocycles. The van der Waals surface area contributed by atoms with Crippen LogP contribution in [0.4, 0.5) is 5.69 Å². The molecule has 0 atom stereocenters. The quantitative estimate of drug-likeness (QED) is 0.939. The largest absolute Gasteiger partial charge is 0.545 e. The Hall–Kier alpha value is -2.33. The first-order chi connectivity index (χ1) is 10.7. The summed E-state index contributed by atoms with van der Waals surface area (Å²) in [6.07, 6.45) is 0. The van der Waals surface area contributed by atoms with Gasteiger partial charge in [0.05, 0.1) is 11.7 Å². The van der Waals surface area contributed by atoms with Crippen molar-refractivity contribution in [1.82, 2.24) is 0 Å². The molecule has 1 N–H and O–H groups in total. The van der Waals surface area contributed by atoms with E-state index in [9.17, 15) is 14.7 Å². The standard InChI is InChI=1S/C18H18ClNO3/c1-18(2,3)12-6-4-11(5-7-12)16(21)20-15-10-13(19)8-9-14(15)17(22)23/h4-10H,1-3H3,(H,20,21)(H,22,23)/p-1. The van der Waals surface area contributed by atoms with Crippen molar-refractivity contribution < 1.29 is 14.7 Å². The van der Waals surface area contributed by atoms with Crippen LogP contribution < -0.4 is 10.4 Å². The lowest BCUT2D eigenvalue weighted by Gasteiger charge is -2.19. The van der Waals surface area contributed by atoms with Crippen LogP contribution >= 0.6 is 11.6 Å². The molecule has 0 bridgehead atoms. The number of anilines is 1. The second-order valence-corrected chi connectivity index (χ2v) is 6.70.